The predicted octanol–water partition coefficient (Wildman–Crippen LogP) is 1.89. The summed E-state index contributed by atoms with van der Waals surface area (Å²) in [7, 11) is 1.83. The van der Waals surface area contributed by atoms with Crippen molar-refractivity contribution in [3.63, 3.8) is 0 Å². The van der Waals surface area contributed by atoms with Crippen molar-refractivity contribution < 1.29 is 0 Å². The normalized spacial score (nSPS) is 17.7. The number of nitrogens with zero attached hydrogens (tertiary/aromatic N) is 3. The van der Waals surface area contributed by atoms with E-state index in [-0.39, 0.29) is 0 Å². The van der Waals surface area contributed by atoms with Crippen molar-refractivity contribution in [2.45, 2.75) is 33.1 Å². The van der Waals surface area contributed by atoms with E-state index in [0.29, 0.717) is 5.92 Å². The lowest BCUT2D eigenvalue weighted by Crippen LogP contribution is -2.42. The van der Waals surface area contributed by atoms with E-state index < -0.39 is 0 Å². The molecule has 2 heterocycles. The number of thiazole rings is 1. The van der Waals surface area contributed by atoms with Crippen LogP contribution in [-0.2, 0) is 6.42 Å². The van der Waals surface area contributed by atoms with Crippen LogP contribution < -0.4 is 10.6 Å². The van der Waals surface area contributed by atoms with Crippen molar-refractivity contribution in [1.82, 2.24) is 20.5 Å². The van der Waals surface area contributed by atoms with Gasteiger partial charge in [-0.1, -0.05) is 6.92 Å². The zero-order valence-corrected chi connectivity index (χ0v) is 14.9. The average Bonchev–Trinajstić information content (AvgIpc) is 3.14. The van der Waals surface area contributed by atoms with Crippen LogP contribution in [0.15, 0.2) is 11.2 Å². The van der Waals surface area contributed by atoms with E-state index in [1.165, 1.54) is 42.4 Å². The third-order valence-corrected chi connectivity index (χ3v) is 4.88. The van der Waals surface area contributed by atoms with Gasteiger partial charge in [0, 0.05) is 44.2 Å². The Morgan fingerprint density at radius 3 is 2.82 bits per heavy atom. The van der Waals surface area contributed by atoms with Crippen LogP contribution in [0, 0.1) is 12.8 Å². The molecule has 1 atom stereocenters. The van der Waals surface area contributed by atoms with E-state index in [9.17, 15) is 0 Å². The highest BCUT2D eigenvalue weighted by atomic mass is 32.1. The molecule has 2 rings (SSSR count). The molecule has 1 aromatic rings. The highest BCUT2D eigenvalue weighted by Crippen LogP contribution is 2.11. The van der Waals surface area contributed by atoms with E-state index in [1.54, 1.807) is 11.3 Å². The zero-order valence-electron chi connectivity index (χ0n) is 14.1. The van der Waals surface area contributed by atoms with Crippen molar-refractivity contribution in [2.24, 2.45) is 10.9 Å². The first-order valence-corrected chi connectivity index (χ1v) is 9.07. The fraction of sp³-hybridized carbons (Fsp3) is 0.750. The summed E-state index contributed by atoms with van der Waals surface area (Å²) < 4.78 is 0. The van der Waals surface area contributed by atoms with E-state index >= 15 is 0 Å². The Labute approximate surface area is 138 Å². The number of aromatic nitrogens is 1. The van der Waals surface area contributed by atoms with Gasteiger partial charge in [-0.15, -0.1) is 11.3 Å². The van der Waals surface area contributed by atoms with E-state index in [4.69, 9.17) is 0 Å². The first-order chi connectivity index (χ1) is 10.7. The van der Waals surface area contributed by atoms with Crippen LogP contribution in [0.2, 0.25) is 0 Å². The number of hydrogen-bond donors (Lipinski definition) is 2. The zero-order chi connectivity index (χ0) is 15.8. The minimum absolute atomic E-state index is 0.637. The molecule has 2 N–H and O–H groups in total. The second-order valence-corrected chi connectivity index (χ2v) is 7.43. The highest BCUT2D eigenvalue weighted by Gasteiger charge is 2.14. The fourth-order valence-electron chi connectivity index (χ4n) is 2.77. The van der Waals surface area contributed by atoms with E-state index in [2.05, 4.69) is 39.4 Å². The summed E-state index contributed by atoms with van der Waals surface area (Å²) in [5.74, 6) is 1.53. The first-order valence-electron chi connectivity index (χ1n) is 8.25. The average molecular weight is 324 g/mol. The molecule has 0 saturated carbocycles. The van der Waals surface area contributed by atoms with Crippen LogP contribution in [0.5, 0.6) is 0 Å². The van der Waals surface area contributed by atoms with Gasteiger partial charge in [0.1, 0.15) is 0 Å². The maximum absolute atomic E-state index is 4.38. The second kappa shape index (κ2) is 9.10. The Morgan fingerprint density at radius 2 is 2.18 bits per heavy atom. The molecule has 0 aromatic carbocycles. The van der Waals surface area contributed by atoms with Gasteiger partial charge >= 0.3 is 0 Å². The number of nitrogens with one attached hydrogen (secondary N) is 2. The molecule has 5 nitrogen and oxygen atoms in total. The van der Waals surface area contributed by atoms with Gasteiger partial charge < -0.3 is 15.5 Å². The molecule has 0 spiro atoms. The van der Waals surface area contributed by atoms with Gasteiger partial charge in [-0.3, -0.25) is 4.99 Å². The molecule has 1 unspecified atom stereocenters. The highest BCUT2D eigenvalue weighted by molar-refractivity contribution is 7.11. The standard InChI is InChI=1S/C16H29N5S/c1-13(12-21-8-4-5-9-21)10-20-16(17-3)18-7-6-15-19-11-14(2)22-15/h11,13H,4-10,12H2,1-3H3,(H2,17,18,20). The maximum atomic E-state index is 4.38. The molecule has 1 saturated heterocycles. The molecule has 1 aliphatic rings. The Morgan fingerprint density at radius 1 is 1.41 bits per heavy atom. The molecule has 0 bridgehead atoms. The third kappa shape index (κ3) is 5.93. The lowest BCUT2D eigenvalue weighted by molar-refractivity contribution is 0.287. The quantitative estimate of drug-likeness (QED) is 0.594. The number of guanidine groups is 1. The number of aliphatic imine (C=N–C) groups is 1. The van der Waals surface area contributed by atoms with Crippen LogP contribution >= 0.6 is 11.3 Å². The topological polar surface area (TPSA) is 52.6 Å². The summed E-state index contributed by atoms with van der Waals surface area (Å²) in [6.07, 6.45) is 5.61. The lowest BCUT2D eigenvalue weighted by Gasteiger charge is -2.21. The van der Waals surface area contributed by atoms with Crippen molar-refractivity contribution in [3.8, 4) is 0 Å². The minimum atomic E-state index is 0.637. The SMILES string of the molecule is CN=C(NCCc1ncc(C)s1)NCC(C)CN1CCCC1. The molecule has 1 aromatic heterocycles. The molecule has 1 fully saturated rings. The van der Waals surface area contributed by atoms with Crippen LogP contribution in [0.4, 0.5) is 0 Å². The Hall–Kier alpha value is -1.14. The number of rotatable bonds is 7. The lowest BCUT2D eigenvalue weighted by atomic mass is 10.1. The molecule has 22 heavy (non-hydrogen) atoms. The van der Waals surface area contributed by atoms with Gasteiger partial charge in [-0.25, -0.2) is 4.98 Å². The summed E-state index contributed by atoms with van der Waals surface area (Å²) in [6.45, 7) is 9.95. The van der Waals surface area contributed by atoms with Crippen molar-refractivity contribution in [3.05, 3.63) is 16.1 Å². The third-order valence-electron chi connectivity index (χ3n) is 3.91. The number of hydrogen-bond acceptors (Lipinski definition) is 4. The van der Waals surface area contributed by atoms with Gasteiger partial charge in [0.05, 0.1) is 5.01 Å². The van der Waals surface area contributed by atoms with Gasteiger partial charge in [-0.2, -0.15) is 0 Å². The smallest absolute Gasteiger partial charge is 0.190 e. The monoisotopic (exact) mass is 323 g/mol. The summed E-state index contributed by atoms with van der Waals surface area (Å²) in [4.78, 5) is 12.5. The van der Waals surface area contributed by atoms with Crippen molar-refractivity contribution in [1.29, 1.82) is 0 Å². The molecular weight excluding hydrogens is 294 g/mol. The van der Waals surface area contributed by atoms with Gasteiger partial charge in [0.2, 0.25) is 0 Å². The van der Waals surface area contributed by atoms with Gasteiger partial charge in [0.15, 0.2) is 5.96 Å². The van der Waals surface area contributed by atoms with Crippen molar-refractivity contribution in [2.75, 3.05) is 39.8 Å². The molecule has 0 radical (unpaired) electrons. The molecule has 0 aliphatic carbocycles. The number of aryl methyl sites for hydroxylation is 1. The van der Waals surface area contributed by atoms with Crippen LogP contribution in [0.3, 0.4) is 0 Å². The molecule has 0 amide bonds. The maximum Gasteiger partial charge on any atom is 0.190 e. The summed E-state index contributed by atoms with van der Waals surface area (Å²) in [5.41, 5.74) is 0. The van der Waals surface area contributed by atoms with Crippen LogP contribution in [-0.4, -0.2) is 55.6 Å². The van der Waals surface area contributed by atoms with E-state index in [1.807, 2.05) is 13.2 Å². The summed E-state index contributed by atoms with van der Waals surface area (Å²) in [5, 5.41) is 7.98. The van der Waals surface area contributed by atoms with E-state index in [0.717, 1.165) is 25.5 Å². The Bertz CT molecular complexity index is 465. The molecular formula is C16H29N5S. The Kier molecular flexibility index (Phi) is 7.12. The van der Waals surface area contributed by atoms with Crippen LogP contribution in [0.1, 0.15) is 29.7 Å². The largest absolute Gasteiger partial charge is 0.356 e. The fourth-order valence-corrected chi connectivity index (χ4v) is 3.55. The molecule has 1 aliphatic heterocycles. The van der Waals surface area contributed by atoms with Crippen molar-refractivity contribution >= 4 is 17.3 Å². The molecule has 124 valence electrons. The Balaban J connectivity index is 1.61. The predicted molar refractivity (Wildman–Crippen MR) is 94.8 cm³/mol. The first kappa shape index (κ1) is 17.2. The summed E-state index contributed by atoms with van der Waals surface area (Å²) in [6, 6.07) is 0. The van der Waals surface area contributed by atoms with Gasteiger partial charge in [0.25, 0.3) is 0 Å². The molecule has 6 heteroatoms. The minimum Gasteiger partial charge on any atom is -0.356 e. The van der Waals surface area contributed by atoms with Gasteiger partial charge in [-0.05, 0) is 38.8 Å². The van der Waals surface area contributed by atoms with Crippen LogP contribution in [0.25, 0.3) is 0 Å². The summed E-state index contributed by atoms with van der Waals surface area (Å²) >= 11 is 1.77. The number of likely N-dealkylation sites (tertiary alicyclic amines) is 1. The second-order valence-electron chi connectivity index (χ2n) is 6.11.